The third-order valence-electron chi connectivity index (χ3n) is 1.97. The van der Waals surface area contributed by atoms with Gasteiger partial charge < -0.3 is 4.74 Å². The van der Waals surface area contributed by atoms with Crippen LogP contribution in [0.1, 0.15) is 0 Å². The molecule has 1 aromatic heterocycles. The van der Waals surface area contributed by atoms with E-state index >= 15 is 0 Å². The summed E-state index contributed by atoms with van der Waals surface area (Å²) in [6.45, 7) is 0. The predicted molar refractivity (Wildman–Crippen MR) is 61.7 cm³/mol. The minimum atomic E-state index is 0.663. The molecule has 2 aromatic rings. The fraction of sp³-hybridized carbons (Fsp3) is 0.0909. The summed E-state index contributed by atoms with van der Waals surface area (Å²) < 4.78 is 6.10. The number of halogens is 1. The second-order valence-electron chi connectivity index (χ2n) is 2.93. The number of methoxy groups -OCH3 is 1. The van der Waals surface area contributed by atoms with Crippen molar-refractivity contribution in [1.29, 1.82) is 0 Å². The minimum absolute atomic E-state index is 0.663. The van der Waals surface area contributed by atoms with E-state index in [1.54, 1.807) is 19.5 Å². The lowest BCUT2D eigenvalue weighted by Crippen LogP contribution is -1.92. The van der Waals surface area contributed by atoms with Crippen molar-refractivity contribution in [2.45, 2.75) is 0 Å². The normalized spacial score (nSPS) is 10.0. The Hall–Kier alpha value is -1.42. The van der Waals surface area contributed by atoms with Crippen LogP contribution in [-0.2, 0) is 0 Å². The highest BCUT2D eigenvalue weighted by Gasteiger charge is 2.06. The van der Waals surface area contributed by atoms with E-state index in [-0.39, 0.29) is 0 Å². The molecule has 0 fully saturated rings. The summed E-state index contributed by atoms with van der Waals surface area (Å²) in [5.74, 6) is 1.44. The first-order valence-corrected chi connectivity index (χ1v) is 5.21. The highest BCUT2D eigenvalue weighted by Crippen LogP contribution is 2.26. The highest BCUT2D eigenvalue weighted by atomic mass is 79.9. The third kappa shape index (κ3) is 2.15. The molecule has 0 N–H and O–H groups in total. The smallest absolute Gasteiger partial charge is 0.162 e. The van der Waals surface area contributed by atoms with Crippen molar-refractivity contribution in [3.05, 3.63) is 41.1 Å². The predicted octanol–water partition coefficient (Wildman–Crippen LogP) is 2.91. The van der Waals surface area contributed by atoms with Crippen LogP contribution in [0.2, 0.25) is 0 Å². The molecule has 0 saturated heterocycles. The number of nitrogens with zero attached hydrogens (tertiary/aromatic N) is 2. The van der Waals surface area contributed by atoms with Crippen LogP contribution in [-0.4, -0.2) is 17.1 Å². The van der Waals surface area contributed by atoms with Gasteiger partial charge >= 0.3 is 0 Å². The zero-order valence-corrected chi connectivity index (χ0v) is 9.73. The van der Waals surface area contributed by atoms with Crippen molar-refractivity contribution >= 4 is 15.9 Å². The van der Waals surface area contributed by atoms with Gasteiger partial charge in [-0.05, 0) is 28.1 Å². The van der Waals surface area contributed by atoms with Gasteiger partial charge in [0.15, 0.2) is 5.82 Å². The molecule has 2 rings (SSSR count). The van der Waals surface area contributed by atoms with Gasteiger partial charge in [-0.1, -0.05) is 12.1 Å². The van der Waals surface area contributed by atoms with Gasteiger partial charge in [-0.3, -0.25) is 0 Å². The van der Waals surface area contributed by atoms with E-state index in [9.17, 15) is 0 Å². The zero-order valence-electron chi connectivity index (χ0n) is 8.14. The summed E-state index contributed by atoms with van der Waals surface area (Å²) in [7, 11) is 1.64. The molecule has 0 aliphatic carbocycles. The SMILES string of the molecule is COc1ccccc1-c1ncc(Br)cn1. The number of hydrogen-bond acceptors (Lipinski definition) is 3. The van der Waals surface area contributed by atoms with E-state index in [4.69, 9.17) is 4.74 Å². The summed E-state index contributed by atoms with van der Waals surface area (Å²) in [5, 5.41) is 0. The van der Waals surface area contributed by atoms with Gasteiger partial charge in [0.2, 0.25) is 0 Å². The van der Waals surface area contributed by atoms with Crippen LogP contribution in [0.25, 0.3) is 11.4 Å². The Bertz CT molecular complexity index is 456. The Kier molecular flexibility index (Phi) is 2.97. The lowest BCUT2D eigenvalue weighted by molar-refractivity contribution is 0.416. The lowest BCUT2D eigenvalue weighted by Gasteiger charge is -2.05. The monoisotopic (exact) mass is 264 g/mol. The summed E-state index contributed by atoms with van der Waals surface area (Å²) in [5.41, 5.74) is 0.896. The summed E-state index contributed by atoms with van der Waals surface area (Å²) in [4.78, 5) is 8.44. The van der Waals surface area contributed by atoms with Crippen LogP contribution in [0.15, 0.2) is 41.1 Å². The Morgan fingerprint density at radius 1 is 1.13 bits per heavy atom. The molecule has 0 aliphatic heterocycles. The fourth-order valence-corrected chi connectivity index (χ4v) is 1.49. The molecular weight excluding hydrogens is 256 g/mol. The third-order valence-corrected chi connectivity index (χ3v) is 2.38. The molecule has 0 spiro atoms. The Morgan fingerprint density at radius 3 is 2.47 bits per heavy atom. The fourth-order valence-electron chi connectivity index (χ4n) is 1.28. The molecule has 0 radical (unpaired) electrons. The van der Waals surface area contributed by atoms with Gasteiger partial charge in [0.05, 0.1) is 17.1 Å². The zero-order chi connectivity index (χ0) is 10.7. The number of benzene rings is 1. The molecule has 0 bridgehead atoms. The van der Waals surface area contributed by atoms with Crippen LogP contribution in [0.4, 0.5) is 0 Å². The maximum absolute atomic E-state index is 5.24. The molecular formula is C11H9BrN2O. The highest BCUT2D eigenvalue weighted by molar-refractivity contribution is 9.10. The minimum Gasteiger partial charge on any atom is -0.496 e. The molecule has 15 heavy (non-hydrogen) atoms. The quantitative estimate of drug-likeness (QED) is 0.837. The second kappa shape index (κ2) is 4.40. The van der Waals surface area contributed by atoms with Crippen molar-refractivity contribution in [2.24, 2.45) is 0 Å². The number of hydrogen-bond donors (Lipinski definition) is 0. The number of aromatic nitrogens is 2. The van der Waals surface area contributed by atoms with E-state index in [1.165, 1.54) is 0 Å². The first kappa shape index (κ1) is 10.1. The summed E-state index contributed by atoms with van der Waals surface area (Å²) >= 11 is 3.30. The summed E-state index contributed by atoms with van der Waals surface area (Å²) in [6, 6.07) is 7.67. The molecule has 76 valence electrons. The first-order valence-electron chi connectivity index (χ1n) is 4.42. The molecule has 0 aliphatic rings. The van der Waals surface area contributed by atoms with E-state index in [0.717, 1.165) is 15.8 Å². The van der Waals surface area contributed by atoms with Crippen molar-refractivity contribution in [3.8, 4) is 17.1 Å². The molecule has 0 saturated carbocycles. The van der Waals surface area contributed by atoms with Crippen molar-refractivity contribution in [3.63, 3.8) is 0 Å². The molecule has 0 atom stereocenters. The van der Waals surface area contributed by atoms with Crippen molar-refractivity contribution in [1.82, 2.24) is 9.97 Å². The van der Waals surface area contributed by atoms with Crippen LogP contribution in [0.3, 0.4) is 0 Å². The molecule has 0 amide bonds. The van der Waals surface area contributed by atoms with Gasteiger partial charge in [-0.2, -0.15) is 0 Å². The maximum Gasteiger partial charge on any atom is 0.162 e. The number of para-hydroxylation sites is 1. The topological polar surface area (TPSA) is 35.0 Å². The second-order valence-corrected chi connectivity index (χ2v) is 3.84. The van der Waals surface area contributed by atoms with Gasteiger partial charge in [0.1, 0.15) is 5.75 Å². The average Bonchev–Trinajstić information content (AvgIpc) is 2.30. The first-order chi connectivity index (χ1) is 7.31. The molecule has 0 unspecified atom stereocenters. The van der Waals surface area contributed by atoms with E-state index in [2.05, 4.69) is 25.9 Å². The van der Waals surface area contributed by atoms with E-state index in [0.29, 0.717) is 5.82 Å². The average molecular weight is 265 g/mol. The molecule has 4 heteroatoms. The standard InChI is InChI=1S/C11H9BrN2O/c1-15-10-5-3-2-4-9(10)11-13-6-8(12)7-14-11/h2-7H,1H3. The largest absolute Gasteiger partial charge is 0.496 e. The lowest BCUT2D eigenvalue weighted by atomic mass is 10.2. The van der Waals surface area contributed by atoms with Gasteiger partial charge in [-0.25, -0.2) is 9.97 Å². The van der Waals surface area contributed by atoms with Crippen LogP contribution in [0.5, 0.6) is 5.75 Å². The number of ether oxygens (including phenoxy) is 1. The number of rotatable bonds is 2. The van der Waals surface area contributed by atoms with Crippen molar-refractivity contribution in [2.75, 3.05) is 7.11 Å². The Labute approximate surface area is 96.3 Å². The van der Waals surface area contributed by atoms with Crippen molar-refractivity contribution < 1.29 is 4.74 Å². The molecule has 1 heterocycles. The Morgan fingerprint density at radius 2 is 1.80 bits per heavy atom. The van der Waals surface area contributed by atoms with Gasteiger partial charge in [0, 0.05) is 12.4 Å². The van der Waals surface area contributed by atoms with E-state index in [1.807, 2.05) is 24.3 Å². The summed E-state index contributed by atoms with van der Waals surface area (Å²) in [6.07, 6.45) is 3.43. The van der Waals surface area contributed by atoms with Crippen LogP contribution in [0, 0.1) is 0 Å². The Balaban J connectivity index is 2.49. The van der Waals surface area contributed by atoms with Gasteiger partial charge in [0.25, 0.3) is 0 Å². The van der Waals surface area contributed by atoms with Crippen LogP contribution >= 0.6 is 15.9 Å². The van der Waals surface area contributed by atoms with E-state index < -0.39 is 0 Å². The molecule has 1 aromatic carbocycles. The van der Waals surface area contributed by atoms with Crippen LogP contribution < -0.4 is 4.74 Å². The maximum atomic E-state index is 5.24. The molecule has 3 nitrogen and oxygen atoms in total. The van der Waals surface area contributed by atoms with Gasteiger partial charge in [-0.15, -0.1) is 0 Å².